The zero-order valence-electron chi connectivity index (χ0n) is 58.1. The summed E-state index contributed by atoms with van der Waals surface area (Å²) < 4.78 is 4.35. The number of imide groups is 4. The number of carbonyl (C=O) groups excluding carboxylic acids is 12. The summed E-state index contributed by atoms with van der Waals surface area (Å²) in [5.74, 6) is -3.40. The molecule has 10 amide bonds. The third-order valence-corrected chi connectivity index (χ3v) is 18.2. The van der Waals surface area contributed by atoms with Gasteiger partial charge in [-0.15, -0.1) is 0 Å². The first-order valence-electron chi connectivity index (χ1n) is 34.2. The average Bonchev–Trinajstić information content (AvgIpc) is 1.67. The molecule has 11 aromatic rings. The smallest absolute Gasteiger partial charge is 0.346 e. The second kappa shape index (κ2) is 32.8. The van der Waals surface area contributed by atoms with Crippen molar-refractivity contribution in [2.24, 2.45) is 0 Å². The number of hydrogen-bond donors (Lipinski definition) is 5. The lowest BCUT2D eigenvalue weighted by Gasteiger charge is -2.14. The summed E-state index contributed by atoms with van der Waals surface area (Å²) in [4.78, 5) is 150. The maximum atomic E-state index is 12.5. The molecule has 5 aliphatic rings. The molecule has 0 atom stereocenters. The number of esters is 2. The first-order chi connectivity index (χ1) is 52.2. The van der Waals surface area contributed by atoms with Gasteiger partial charge in [-0.25, -0.2) is 9.59 Å². The van der Waals surface area contributed by atoms with Gasteiger partial charge in [-0.2, -0.15) is 0 Å². The quantitative estimate of drug-likeness (QED) is 0.0276. The fraction of sp³-hybridized carbons (Fsp3) is 0.0930. The first kappa shape index (κ1) is 73.2. The third-order valence-electron chi connectivity index (χ3n) is 18.2. The number of amides is 10. The number of nitrogens with two attached hydrogens (primary N) is 2. The van der Waals surface area contributed by atoms with Gasteiger partial charge in [0, 0.05) is 30.8 Å². The van der Waals surface area contributed by atoms with Crippen molar-refractivity contribution in [3.63, 3.8) is 0 Å². The molecule has 22 heteroatoms. The molecular formula is C86H68N8O14. The van der Waals surface area contributed by atoms with Gasteiger partial charge in [0.2, 0.25) is 0 Å². The van der Waals surface area contributed by atoms with Crippen LogP contribution in [0.2, 0.25) is 0 Å². The minimum atomic E-state index is -0.550. The van der Waals surface area contributed by atoms with Crippen LogP contribution >= 0.6 is 0 Å². The molecular weight excluding hydrogens is 1370 g/mol. The number of benzene rings is 11. The molecule has 0 spiro atoms. The van der Waals surface area contributed by atoms with E-state index in [0.717, 1.165) is 22.3 Å². The number of anilines is 4. The predicted octanol–water partition coefficient (Wildman–Crippen LogP) is 12.7. The Morgan fingerprint density at radius 2 is 0.565 bits per heavy atom. The van der Waals surface area contributed by atoms with Crippen molar-refractivity contribution in [1.82, 2.24) is 19.6 Å². The van der Waals surface area contributed by atoms with Gasteiger partial charge in [0.15, 0.2) is 0 Å². The van der Waals surface area contributed by atoms with Crippen LogP contribution in [-0.4, -0.2) is 115 Å². The van der Waals surface area contributed by atoms with Crippen LogP contribution in [0.5, 0.6) is 5.75 Å². The van der Waals surface area contributed by atoms with Gasteiger partial charge in [0.05, 0.1) is 84.9 Å². The number of phenols is 1. The zero-order chi connectivity index (χ0) is 76.1. The number of hydrogen-bond acceptors (Lipinski definition) is 16. The van der Waals surface area contributed by atoms with Crippen molar-refractivity contribution < 1.29 is 67.4 Å². The fourth-order valence-electron chi connectivity index (χ4n) is 12.3. The highest BCUT2D eigenvalue weighted by atomic mass is 16.6. The fourth-order valence-corrected chi connectivity index (χ4v) is 12.3. The third kappa shape index (κ3) is 16.4. The maximum absolute atomic E-state index is 12.5. The molecule has 0 aliphatic carbocycles. The SMILES string of the molecule is Cc1ccc(CCN2C(=O)c3ccccc3C2=O)cc1.Nc1ccccc1NC(=O)c1ccc(CCN2C(=O)c3ccccc3C2=O)cc1.Nc1ccccc1NC(=O)c1ccc(CN2C(=O)c3ccccc3C2=O)cc1.O=C1OC(=O)c2ccccc21.O=C1c2ccccc2C(=O)N1CCc1ccc(O)cc1. The molecule has 536 valence electrons. The van der Waals surface area contributed by atoms with E-state index in [9.17, 15) is 62.6 Å². The van der Waals surface area contributed by atoms with Gasteiger partial charge in [-0.05, 0) is 170 Å². The lowest BCUT2D eigenvalue weighted by atomic mass is 10.1. The van der Waals surface area contributed by atoms with Crippen molar-refractivity contribution in [3.05, 3.63) is 361 Å². The molecule has 108 heavy (non-hydrogen) atoms. The number of rotatable bonds is 15. The number of nitrogens with zero attached hydrogens (tertiary/aromatic N) is 4. The second-order valence-electron chi connectivity index (χ2n) is 25.3. The molecule has 7 N–H and O–H groups in total. The number of nitrogens with one attached hydrogen (secondary N) is 2. The summed E-state index contributed by atoms with van der Waals surface area (Å²) in [6, 6.07) is 76.8. The van der Waals surface area contributed by atoms with Gasteiger partial charge in [-0.3, -0.25) is 67.5 Å². The highest BCUT2D eigenvalue weighted by Gasteiger charge is 2.38. The Kier molecular flexibility index (Phi) is 22.3. The van der Waals surface area contributed by atoms with E-state index in [1.807, 2.05) is 43.3 Å². The molecule has 5 aliphatic heterocycles. The Hall–Kier alpha value is -14.5. The van der Waals surface area contributed by atoms with E-state index in [-0.39, 0.29) is 71.4 Å². The van der Waals surface area contributed by atoms with E-state index in [4.69, 9.17) is 11.5 Å². The number of aryl methyl sites for hydroxylation is 1. The first-order valence-corrected chi connectivity index (χ1v) is 34.2. The molecule has 16 rings (SSSR count). The van der Waals surface area contributed by atoms with Crippen LogP contribution in [0.15, 0.2) is 267 Å². The van der Waals surface area contributed by atoms with Crippen molar-refractivity contribution >= 4 is 93.8 Å². The number of nitrogen functional groups attached to an aromatic ring is 2. The van der Waals surface area contributed by atoms with E-state index in [1.165, 1.54) is 25.2 Å². The Morgan fingerprint density at radius 1 is 0.315 bits per heavy atom. The van der Waals surface area contributed by atoms with Crippen LogP contribution < -0.4 is 22.1 Å². The van der Waals surface area contributed by atoms with Crippen molar-refractivity contribution in [3.8, 4) is 5.75 Å². The molecule has 0 saturated carbocycles. The number of phenolic OH excluding ortho intramolecular Hbond substituents is 1. The van der Waals surface area contributed by atoms with Crippen LogP contribution in [0.3, 0.4) is 0 Å². The van der Waals surface area contributed by atoms with Crippen LogP contribution in [0.1, 0.15) is 152 Å². The summed E-state index contributed by atoms with van der Waals surface area (Å²) in [6.07, 6.45) is 1.77. The topological polar surface area (TPSA) is 323 Å². The Bertz CT molecular complexity index is 5100. The lowest BCUT2D eigenvalue weighted by molar-refractivity contribution is 0.0439. The zero-order valence-corrected chi connectivity index (χ0v) is 58.1. The maximum Gasteiger partial charge on any atom is 0.346 e. The number of para-hydroxylation sites is 4. The average molecular weight is 1440 g/mol. The molecule has 0 aromatic heterocycles. The van der Waals surface area contributed by atoms with Crippen LogP contribution in [-0.2, 0) is 30.5 Å². The highest BCUT2D eigenvalue weighted by Crippen LogP contribution is 2.29. The van der Waals surface area contributed by atoms with Gasteiger partial charge >= 0.3 is 11.9 Å². The van der Waals surface area contributed by atoms with E-state index in [2.05, 4.69) is 15.4 Å². The van der Waals surface area contributed by atoms with Crippen molar-refractivity contribution in [1.29, 1.82) is 0 Å². The van der Waals surface area contributed by atoms with Crippen molar-refractivity contribution in [2.75, 3.05) is 41.7 Å². The summed E-state index contributed by atoms with van der Waals surface area (Å²) in [7, 11) is 0. The van der Waals surface area contributed by atoms with E-state index in [1.54, 1.807) is 231 Å². The molecule has 5 heterocycles. The number of carbonyl (C=O) groups is 12. The highest BCUT2D eigenvalue weighted by molar-refractivity contribution is 6.24. The van der Waals surface area contributed by atoms with Gasteiger partial charge in [0.1, 0.15) is 5.75 Å². The number of ether oxygens (including phenoxy) is 1. The summed E-state index contributed by atoms with van der Waals surface area (Å²) >= 11 is 0. The second-order valence-corrected chi connectivity index (χ2v) is 25.3. The Balaban J connectivity index is 0.000000130. The minimum Gasteiger partial charge on any atom is -0.508 e. The molecule has 0 fully saturated rings. The van der Waals surface area contributed by atoms with Crippen LogP contribution in [0.25, 0.3) is 0 Å². The predicted molar refractivity (Wildman–Crippen MR) is 403 cm³/mol. The normalized spacial score (nSPS) is 13.3. The minimum absolute atomic E-state index is 0.153. The summed E-state index contributed by atoms with van der Waals surface area (Å²) in [5.41, 5.74) is 24.2. The molecule has 11 aromatic carbocycles. The van der Waals surface area contributed by atoms with Gasteiger partial charge < -0.3 is 31.9 Å². The summed E-state index contributed by atoms with van der Waals surface area (Å²) in [5, 5.41) is 14.8. The van der Waals surface area contributed by atoms with Crippen molar-refractivity contribution in [2.45, 2.75) is 32.7 Å². The Labute approximate surface area is 619 Å². The monoisotopic (exact) mass is 1440 g/mol. The number of fused-ring (bicyclic) bond motifs is 5. The largest absolute Gasteiger partial charge is 0.508 e. The van der Waals surface area contributed by atoms with Gasteiger partial charge in [-0.1, -0.05) is 151 Å². The van der Waals surface area contributed by atoms with E-state index < -0.39 is 11.9 Å². The molecule has 0 radical (unpaired) electrons. The van der Waals surface area contributed by atoms with Crippen LogP contribution in [0.4, 0.5) is 22.7 Å². The standard InChI is InChI=1S/C23H19N3O3.C22H17N3O3.C17H15NO2.C16H13NO3.C8H4O3/c24-19-7-3-4-8-20(19)25-21(27)16-11-9-15(10-12-16)13-14-26-22(28)17-5-1-2-6-18(17)23(26)29;23-18-7-3-4-8-19(18)24-20(26)15-11-9-14(10-12-15)13-25-21(27)16-5-1-2-6-17(16)22(25)28;1-12-6-8-13(9-7-12)10-11-18-16(19)14-4-2-3-5-15(14)17(18)20;18-12-7-5-11(6-8-12)9-10-17-15(19)13-3-1-2-4-14(13)16(17)20;9-7-5-3-1-2-4-6(5)8(10)11-7/h1-12H,13-14,24H2,(H,25,27);1-12H,13,23H2,(H,24,26);2-9H,10-11H2,1H3;1-8,18H,9-10H2;1-4H. The number of aromatic hydroxyl groups is 1. The number of cyclic esters (lactones) is 2. The molecule has 0 unspecified atom stereocenters. The van der Waals surface area contributed by atoms with E-state index >= 15 is 0 Å². The lowest BCUT2D eigenvalue weighted by Crippen LogP contribution is -2.31. The molecule has 22 nitrogen and oxygen atoms in total. The van der Waals surface area contributed by atoms with Crippen LogP contribution in [0, 0.1) is 6.92 Å². The molecule has 0 bridgehead atoms. The van der Waals surface area contributed by atoms with E-state index in [0.29, 0.717) is 128 Å². The summed E-state index contributed by atoms with van der Waals surface area (Å²) in [6.45, 7) is 3.25. The Morgan fingerprint density at radius 3 is 0.870 bits per heavy atom. The van der Waals surface area contributed by atoms with Gasteiger partial charge in [0.25, 0.3) is 59.1 Å². The molecule has 0 saturated heterocycles.